The molecule has 0 saturated carbocycles. The Morgan fingerprint density at radius 1 is 1.24 bits per heavy atom. The van der Waals surface area contributed by atoms with Gasteiger partial charge in [-0.2, -0.15) is 0 Å². The van der Waals surface area contributed by atoms with E-state index >= 15 is 0 Å². The van der Waals surface area contributed by atoms with Gasteiger partial charge in [-0.05, 0) is 57.4 Å². The molecule has 0 bridgehead atoms. The van der Waals surface area contributed by atoms with E-state index in [0.717, 1.165) is 37.2 Å². The maximum atomic E-state index is 12.6. The molecule has 0 spiro atoms. The number of benzene rings is 1. The first-order chi connectivity index (χ1) is 12.0. The van der Waals surface area contributed by atoms with E-state index < -0.39 is 0 Å². The summed E-state index contributed by atoms with van der Waals surface area (Å²) in [5, 5.41) is 5.96. The van der Waals surface area contributed by atoms with Crippen LogP contribution < -0.4 is 15.5 Å². The minimum absolute atomic E-state index is 0.0245. The lowest BCUT2D eigenvalue weighted by atomic mass is 10.0. The lowest BCUT2D eigenvalue weighted by molar-refractivity contribution is 0.0900. The van der Waals surface area contributed by atoms with E-state index in [2.05, 4.69) is 29.4 Å². The van der Waals surface area contributed by atoms with Crippen LogP contribution in [0.4, 0.5) is 10.5 Å². The first kappa shape index (κ1) is 17.7. The number of likely N-dealkylation sites (tertiary alicyclic amines) is 1. The molecule has 2 aliphatic rings. The van der Waals surface area contributed by atoms with Gasteiger partial charge < -0.3 is 15.5 Å². The van der Waals surface area contributed by atoms with Crippen LogP contribution in [0.1, 0.15) is 42.6 Å². The zero-order chi connectivity index (χ0) is 18.0. The molecule has 0 aliphatic carbocycles. The van der Waals surface area contributed by atoms with Crippen molar-refractivity contribution in [3.63, 3.8) is 0 Å². The molecule has 0 radical (unpaired) electrons. The number of hydrogen-bond donors (Lipinski definition) is 2. The van der Waals surface area contributed by atoms with Crippen molar-refractivity contribution >= 4 is 17.6 Å². The minimum Gasteiger partial charge on any atom is -0.349 e. The van der Waals surface area contributed by atoms with Crippen LogP contribution in [-0.2, 0) is 0 Å². The standard InChI is InChI=1S/C19H28N4O2/c1-13(2)22-9-6-16(7-10-22)21-18(24)15-4-5-17(14(3)12-15)23-11-8-20-19(23)25/h4-5,12-13,16H,6-11H2,1-3H3,(H,20,25)(H,21,24). The summed E-state index contributed by atoms with van der Waals surface area (Å²) in [5.74, 6) is -0.0245. The molecule has 0 atom stereocenters. The van der Waals surface area contributed by atoms with Gasteiger partial charge in [0.2, 0.25) is 0 Å². The lowest BCUT2D eigenvalue weighted by Crippen LogP contribution is -2.46. The van der Waals surface area contributed by atoms with Crippen molar-refractivity contribution < 1.29 is 9.59 Å². The number of aryl methyl sites for hydroxylation is 1. The summed E-state index contributed by atoms with van der Waals surface area (Å²) in [6.45, 7) is 9.76. The summed E-state index contributed by atoms with van der Waals surface area (Å²) in [7, 11) is 0. The van der Waals surface area contributed by atoms with E-state index in [-0.39, 0.29) is 18.0 Å². The summed E-state index contributed by atoms with van der Waals surface area (Å²) in [6, 6.07) is 6.29. The molecule has 3 rings (SSSR count). The van der Waals surface area contributed by atoms with Crippen LogP contribution in [0.3, 0.4) is 0 Å². The van der Waals surface area contributed by atoms with E-state index in [1.807, 2.05) is 25.1 Å². The highest BCUT2D eigenvalue weighted by molar-refractivity contribution is 5.98. The quantitative estimate of drug-likeness (QED) is 0.879. The van der Waals surface area contributed by atoms with E-state index in [9.17, 15) is 9.59 Å². The Morgan fingerprint density at radius 2 is 1.96 bits per heavy atom. The van der Waals surface area contributed by atoms with Crippen molar-refractivity contribution in [3.05, 3.63) is 29.3 Å². The third-order valence-electron chi connectivity index (χ3n) is 5.20. The molecule has 2 fully saturated rings. The van der Waals surface area contributed by atoms with E-state index in [4.69, 9.17) is 0 Å². The van der Waals surface area contributed by atoms with Gasteiger partial charge in [0.05, 0.1) is 0 Å². The molecule has 0 unspecified atom stereocenters. The van der Waals surface area contributed by atoms with Gasteiger partial charge in [0.25, 0.3) is 5.91 Å². The molecule has 6 nitrogen and oxygen atoms in total. The third kappa shape index (κ3) is 3.95. The SMILES string of the molecule is Cc1cc(C(=O)NC2CCN(C(C)C)CC2)ccc1N1CCNC1=O. The molecule has 25 heavy (non-hydrogen) atoms. The fourth-order valence-corrected chi connectivity index (χ4v) is 3.63. The molecule has 1 aromatic rings. The maximum absolute atomic E-state index is 12.6. The Labute approximate surface area is 149 Å². The van der Waals surface area contributed by atoms with Gasteiger partial charge >= 0.3 is 6.03 Å². The van der Waals surface area contributed by atoms with Crippen LogP contribution in [0.2, 0.25) is 0 Å². The van der Waals surface area contributed by atoms with Crippen LogP contribution in [-0.4, -0.2) is 55.1 Å². The van der Waals surface area contributed by atoms with Crippen molar-refractivity contribution in [2.75, 3.05) is 31.1 Å². The Morgan fingerprint density at radius 3 is 2.52 bits per heavy atom. The highest BCUT2D eigenvalue weighted by Crippen LogP contribution is 2.23. The lowest BCUT2D eigenvalue weighted by Gasteiger charge is -2.34. The fourth-order valence-electron chi connectivity index (χ4n) is 3.63. The van der Waals surface area contributed by atoms with Crippen molar-refractivity contribution in [2.24, 2.45) is 0 Å². The molecule has 2 aliphatic heterocycles. The normalized spacial score (nSPS) is 19.4. The molecular weight excluding hydrogens is 316 g/mol. The number of urea groups is 1. The minimum atomic E-state index is -0.0720. The van der Waals surface area contributed by atoms with Gasteiger partial charge in [0, 0.05) is 49.5 Å². The second-order valence-corrected chi connectivity index (χ2v) is 7.26. The zero-order valence-corrected chi connectivity index (χ0v) is 15.3. The predicted octanol–water partition coefficient (Wildman–Crippen LogP) is 2.13. The second kappa shape index (κ2) is 7.44. The second-order valence-electron chi connectivity index (χ2n) is 7.26. The van der Waals surface area contributed by atoms with Gasteiger partial charge in [0.1, 0.15) is 0 Å². The number of rotatable bonds is 4. The van der Waals surface area contributed by atoms with Crippen molar-refractivity contribution in [2.45, 2.75) is 45.7 Å². The van der Waals surface area contributed by atoms with Crippen LogP contribution in [0.5, 0.6) is 0 Å². The number of piperidine rings is 1. The Hall–Kier alpha value is -2.08. The number of amides is 3. The maximum Gasteiger partial charge on any atom is 0.322 e. The largest absolute Gasteiger partial charge is 0.349 e. The molecule has 136 valence electrons. The van der Waals surface area contributed by atoms with E-state index in [0.29, 0.717) is 24.7 Å². The number of carbonyl (C=O) groups excluding carboxylic acids is 2. The van der Waals surface area contributed by atoms with Crippen LogP contribution in [0.15, 0.2) is 18.2 Å². The third-order valence-corrected chi connectivity index (χ3v) is 5.20. The Bertz CT molecular complexity index is 651. The van der Waals surface area contributed by atoms with Crippen molar-refractivity contribution in [3.8, 4) is 0 Å². The van der Waals surface area contributed by atoms with Crippen LogP contribution >= 0.6 is 0 Å². The highest BCUT2D eigenvalue weighted by Gasteiger charge is 2.24. The Kier molecular flexibility index (Phi) is 5.27. The van der Waals surface area contributed by atoms with Gasteiger partial charge in [-0.15, -0.1) is 0 Å². The highest BCUT2D eigenvalue weighted by atomic mass is 16.2. The van der Waals surface area contributed by atoms with E-state index in [1.165, 1.54) is 0 Å². The number of hydrogen-bond acceptors (Lipinski definition) is 3. The van der Waals surface area contributed by atoms with Gasteiger partial charge in [0.15, 0.2) is 0 Å². The fraction of sp³-hybridized carbons (Fsp3) is 0.579. The molecule has 0 aromatic heterocycles. The average Bonchev–Trinajstić information content (AvgIpc) is 3.01. The topological polar surface area (TPSA) is 64.7 Å². The zero-order valence-electron chi connectivity index (χ0n) is 15.3. The summed E-state index contributed by atoms with van der Waals surface area (Å²) < 4.78 is 0. The summed E-state index contributed by atoms with van der Waals surface area (Å²) in [6.07, 6.45) is 1.99. The van der Waals surface area contributed by atoms with Gasteiger partial charge in [-0.1, -0.05) is 0 Å². The molecule has 1 aromatic carbocycles. The summed E-state index contributed by atoms with van der Waals surface area (Å²) in [4.78, 5) is 28.5. The Balaban J connectivity index is 1.61. The van der Waals surface area contributed by atoms with Crippen molar-refractivity contribution in [1.82, 2.24) is 15.5 Å². The molecular formula is C19H28N4O2. The first-order valence-electron chi connectivity index (χ1n) is 9.16. The number of carbonyl (C=O) groups is 2. The number of anilines is 1. The monoisotopic (exact) mass is 344 g/mol. The predicted molar refractivity (Wildman–Crippen MR) is 99.1 cm³/mol. The average molecular weight is 344 g/mol. The molecule has 6 heteroatoms. The number of nitrogens with one attached hydrogen (secondary N) is 2. The molecule has 3 amide bonds. The summed E-state index contributed by atoms with van der Waals surface area (Å²) >= 11 is 0. The van der Waals surface area contributed by atoms with Gasteiger partial charge in [-0.25, -0.2) is 4.79 Å². The number of nitrogens with zero attached hydrogens (tertiary/aromatic N) is 2. The molecule has 2 saturated heterocycles. The first-order valence-corrected chi connectivity index (χ1v) is 9.16. The van der Waals surface area contributed by atoms with E-state index in [1.54, 1.807) is 4.90 Å². The summed E-state index contributed by atoms with van der Waals surface area (Å²) in [5.41, 5.74) is 2.48. The smallest absolute Gasteiger partial charge is 0.322 e. The van der Waals surface area contributed by atoms with Crippen molar-refractivity contribution in [1.29, 1.82) is 0 Å². The van der Waals surface area contributed by atoms with Crippen LogP contribution in [0, 0.1) is 6.92 Å². The molecule has 2 N–H and O–H groups in total. The molecule has 2 heterocycles. The van der Waals surface area contributed by atoms with Gasteiger partial charge in [-0.3, -0.25) is 9.69 Å². The van der Waals surface area contributed by atoms with Crippen LogP contribution in [0.25, 0.3) is 0 Å².